The van der Waals surface area contributed by atoms with Gasteiger partial charge in [0.25, 0.3) is 0 Å². The van der Waals surface area contributed by atoms with Gasteiger partial charge in [0.1, 0.15) is 30.0 Å². The second kappa shape index (κ2) is 8.64. The van der Waals surface area contributed by atoms with Crippen molar-refractivity contribution in [3.63, 3.8) is 0 Å². The largest absolute Gasteiger partial charge is 0.497 e. The molecule has 8 heteroatoms. The van der Waals surface area contributed by atoms with Gasteiger partial charge in [-0.3, -0.25) is 0 Å². The van der Waals surface area contributed by atoms with E-state index < -0.39 is 6.10 Å². The van der Waals surface area contributed by atoms with Crippen LogP contribution in [0.4, 0.5) is 5.95 Å². The van der Waals surface area contributed by atoms with Crippen LogP contribution in [0.1, 0.15) is 34.4 Å². The van der Waals surface area contributed by atoms with Gasteiger partial charge in [-0.1, -0.05) is 35.9 Å². The van der Waals surface area contributed by atoms with E-state index in [1.54, 1.807) is 27.7 Å². The Bertz CT molecular complexity index is 1480. The first kappa shape index (κ1) is 22.0. The monoisotopic (exact) mass is 482 g/mol. The van der Waals surface area contributed by atoms with Crippen molar-refractivity contribution in [2.75, 3.05) is 26.6 Å². The maximum atomic E-state index is 6.72. The van der Waals surface area contributed by atoms with Crippen LogP contribution in [0.2, 0.25) is 0 Å². The van der Waals surface area contributed by atoms with E-state index in [9.17, 15) is 0 Å². The Kier molecular flexibility index (Phi) is 5.29. The van der Waals surface area contributed by atoms with Crippen LogP contribution in [-0.4, -0.2) is 36.1 Å². The van der Waals surface area contributed by atoms with Gasteiger partial charge in [0.2, 0.25) is 5.95 Å². The van der Waals surface area contributed by atoms with E-state index in [4.69, 9.17) is 18.9 Å². The van der Waals surface area contributed by atoms with Crippen molar-refractivity contribution in [1.29, 1.82) is 0 Å². The second-order valence-corrected chi connectivity index (χ2v) is 8.77. The van der Waals surface area contributed by atoms with E-state index >= 15 is 0 Å². The summed E-state index contributed by atoms with van der Waals surface area (Å²) < 4.78 is 25.3. The lowest BCUT2D eigenvalue weighted by Gasteiger charge is -2.39. The maximum absolute atomic E-state index is 6.72. The molecule has 4 aromatic rings. The molecular formula is C28H26N4O4. The quantitative estimate of drug-likeness (QED) is 0.420. The molecule has 0 saturated carbocycles. The van der Waals surface area contributed by atoms with Crippen molar-refractivity contribution in [1.82, 2.24) is 14.8 Å². The Labute approximate surface area is 209 Å². The number of nitrogens with one attached hydrogen (secondary N) is 1. The van der Waals surface area contributed by atoms with Gasteiger partial charge in [-0.15, -0.1) is 0 Å². The number of hydrogen-bond acceptors (Lipinski definition) is 7. The van der Waals surface area contributed by atoms with E-state index in [1.807, 2.05) is 41.1 Å². The fraction of sp³-hybridized carbons (Fsp3) is 0.214. The van der Waals surface area contributed by atoms with E-state index in [1.165, 1.54) is 5.56 Å². The highest BCUT2D eigenvalue weighted by atomic mass is 16.5. The summed E-state index contributed by atoms with van der Waals surface area (Å²) in [5.74, 6) is 3.46. The van der Waals surface area contributed by atoms with Crippen LogP contribution in [0.15, 0.2) is 72.6 Å². The summed E-state index contributed by atoms with van der Waals surface area (Å²) in [6.07, 6.45) is 1.15. The fourth-order valence-corrected chi connectivity index (χ4v) is 4.94. The molecular weight excluding hydrogens is 456 g/mol. The number of nitrogens with zero attached hydrogens (tertiary/aromatic N) is 3. The highest BCUT2D eigenvalue weighted by Gasteiger charge is 2.41. The van der Waals surface area contributed by atoms with Crippen LogP contribution in [0.5, 0.6) is 23.0 Å². The second-order valence-electron chi connectivity index (χ2n) is 8.77. The summed E-state index contributed by atoms with van der Waals surface area (Å²) >= 11 is 0. The van der Waals surface area contributed by atoms with E-state index in [-0.39, 0.29) is 6.04 Å². The minimum Gasteiger partial charge on any atom is -0.497 e. The van der Waals surface area contributed by atoms with Crippen LogP contribution in [-0.2, 0) is 0 Å². The predicted octanol–water partition coefficient (Wildman–Crippen LogP) is 5.17. The maximum Gasteiger partial charge on any atom is 0.226 e. The van der Waals surface area contributed by atoms with Gasteiger partial charge in [-0.05, 0) is 42.8 Å². The summed E-state index contributed by atoms with van der Waals surface area (Å²) in [7, 11) is 4.92. The van der Waals surface area contributed by atoms with Gasteiger partial charge in [-0.2, -0.15) is 10.1 Å². The number of hydrogen-bond donors (Lipinski definition) is 1. The number of anilines is 1. The first-order valence-corrected chi connectivity index (χ1v) is 11.7. The van der Waals surface area contributed by atoms with Gasteiger partial charge in [0, 0.05) is 16.7 Å². The Morgan fingerprint density at radius 2 is 1.64 bits per heavy atom. The van der Waals surface area contributed by atoms with Gasteiger partial charge in [0.05, 0.1) is 27.0 Å². The molecule has 0 spiro atoms. The lowest BCUT2D eigenvalue weighted by Crippen LogP contribution is -2.32. The predicted molar refractivity (Wildman–Crippen MR) is 136 cm³/mol. The van der Waals surface area contributed by atoms with Crippen LogP contribution < -0.4 is 24.3 Å². The SMILES string of the molecule is COc1ccc2c(c1)C1=C([C@H](c3ccc(OC)c(OC)c3)O2)[C@H](c2ccc(C)cc2)n2ncnc2N1. The van der Waals surface area contributed by atoms with Crippen LogP contribution in [0.25, 0.3) is 5.70 Å². The fourth-order valence-electron chi connectivity index (χ4n) is 4.94. The minimum absolute atomic E-state index is 0.239. The molecule has 1 aromatic heterocycles. The average molecular weight is 483 g/mol. The van der Waals surface area contributed by atoms with Crippen LogP contribution in [0, 0.1) is 6.92 Å². The first-order valence-electron chi connectivity index (χ1n) is 11.7. The molecule has 6 rings (SSSR count). The summed E-state index contributed by atoms with van der Waals surface area (Å²) in [6, 6.07) is 20.0. The van der Waals surface area contributed by atoms with Crippen molar-refractivity contribution < 1.29 is 18.9 Å². The molecule has 0 amide bonds. The molecule has 0 unspecified atom stereocenters. The third-order valence-electron chi connectivity index (χ3n) is 6.72. The average Bonchev–Trinajstić information content (AvgIpc) is 3.39. The zero-order chi connectivity index (χ0) is 24.8. The molecule has 3 heterocycles. The number of rotatable bonds is 5. The molecule has 0 radical (unpaired) electrons. The van der Waals surface area contributed by atoms with Crippen LogP contribution in [0.3, 0.4) is 0 Å². The number of aromatic nitrogens is 3. The zero-order valence-electron chi connectivity index (χ0n) is 20.5. The molecule has 0 bridgehead atoms. The number of ether oxygens (including phenoxy) is 4. The topological polar surface area (TPSA) is 79.7 Å². The lowest BCUT2D eigenvalue weighted by atomic mass is 9.84. The number of methoxy groups -OCH3 is 3. The Morgan fingerprint density at radius 3 is 2.39 bits per heavy atom. The molecule has 8 nitrogen and oxygen atoms in total. The van der Waals surface area contributed by atoms with Gasteiger partial charge in [0.15, 0.2) is 11.5 Å². The normalized spacial score (nSPS) is 17.8. The molecule has 2 aliphatic rings. The van der Waals surface area contributed by atoms with Crippen molar-refractivity contribution in [2.24, 2.45) is 0 Å². The summed E-state index contributed by atoms with van der Waals surface area (Å²) in [6.45, 7) is 2.08. The lowest BCUT2D eigenvalue weighted by molar-refractivity contribution is 0.222. The zero-order valence-corrected chi connectivity index (χ0v) is 20.5. The van der Waals surface area contributed by atoms with Crippen molar-refractivity contribution in [3.05, 3.63) is 94.8 Å². The first-order chi connectivity index (χ1) is 17.6. The number of aryl methyl sites for hydroxylation is 1. The molecule has 0 fully saturated rings. The number of benzene rings is 3. The summed E-state index contributed by atoms with van der Waals surface area (Å²) in [5, 5.41) is 8.12. The molecule has 182 valence electrons. The third kappa shape index (κ3) is 3.45. The highest BCUT2D eigenvalue weighted by molar-refractivity contribution is 5.85. The molecule has 2 aliphatic heterocycles. The van der Waals surface area contributed by atoms with Gasteiger partial charge in [-0.25, -0.2) is 4.68 Å². The van der Waals surface area contributed by atoms with E-state index in [0.29, 0.717) is 17.4 Å². The molecule has 36 heavy (non-hydrogen) atoms. The van der Waals surface area contributed by atoms with E-state index in [2.05, 4.69) is 46.6 Å². The number of fused-ring (bicyclic) bond motifs is 3. The Hall–Kier alpha value is -4.46. The molecule has 3 aromatic carbocycles. The van der Waals surface area contributed by atoms with Crippen molar-refractivity contribution in [3.8, 4) is 23.0 Å². The minimum atomic E-state index is -0.420. The molecule has 0 aliphatic carbocycles. The van der Waals surface area contributed by atoms with E-state index in [0.717, 1.165) is 39.5 Å². The molecule has 1 N–H and O–H groups in total. The van der Waals surface area contributed by atoms with Crippen LogP contribution >= 0.6 is 0 Å². The van der Waals surface area contributed by atoms with Gasteiger partial charge >= 0.3 is 0 Å². The van der Waals surface area contributed by atoms with Crippen molar-refractivity contribution >= 4 is 11.6 Å². The smallest absolute Gasteiger partial charge is 0.226 e. The standard InChI is InChI=1S/C28H26N4O4/c1-16-5-7-17(8-6-16)26-24-25(31-28-29-15-30-32(26)28)20-14-19(33-2)10-12-21(20)36-27(24)18-9-11-22(34-3)23(13-18)35-4/h5-15,26-27H,1-4H3,(H,29,30,31)/t26-,27-/m0/s1. The van der Waals surface area contributed by atoms with Gasteiger partial charge < -0.3 is 24.3 Å². The van der Waals surface area contributed by atoms with Crippen molar-refractivity contribution in [2.45, 2.75) is 19.1 Å². The Morgan fingerprint density at radius 1 is 0.861 bits per heavy atom. The highest BCUT2D eigenvalue weighted by Crippen LogP contribution is 2.51. The third-order valence-corrected chi connectivity index (χ3v) is 6.72. The molecule has 0 saturated heterocycles. The summed E-state index contributed by atoms with van der Waals surface area (Å²) in [4.78, 5) is 4.50. The Balaban J connectivity index is 1.61. The molecule has 2 atom stereocenters. The summed E-state index contributed by atoms with van der Waals surface area (Å²) in [5.41, 5.74) is 6.07.